The minimum Gasteiger partial charge on any atom is -0.272 e. The standard InChI is InChI=1S/C13H22N4O2S/c1-9-6-10(2)17(16-9)7-11(18)14-15-12(19)8-20-13(3,4)5/h6H,7-8H2,1-5H3,(H,14,18)(H,15,19). The van der Waals surface area contributed by atoms with Gasteiger partial charge in [0.25, 0.3) is 5.91 Å². The van der Waals surface area contributed by atoms with Gasteiger partial charge in [-0.25, -0.2) is 0 Å². The van der Waals surface area contributed by atoms with Crippen LogP contribution in [0.3, 0.4) is 0 Å². The van der Waals surface area contributed by atoms with Gasteiger partial charge >= 0.3 is 0 Å². The van der Waals surface area contributed by atoms with Crippen molar-refractivity contribution in [2.45, 2.75) is 45.9 Å². The van der Waals surface area contributed by atoms with Gasteiger partial charge in [0.05, 0.1) is 11.4 Å². The molecule has 7 heteroatoms. The topological polar surface area (TPSA) is 76.0 Å². The van der Waals surface area contributed by atoms with Crippen LogP contribution in [0.4, 0.5) is 0 Å². The van der Waals surface area contributed by atoms with Crippen molar-refractivity contribution in [3.05, 3.63) is 17.5 Å². The Morgan fingerprint density at radius 2 is 1.85 bits per heavy atom. The van der Waals surface area contributed by atoms with E-state index in [0.717, 1.165) is 11.4 Å². The molecular weight excluding hydrogens is 276 g/mol. The van der Waals surface area contributed by atoms with Gasteiger partial charge in [-0.3, -0.25) is 25.1 Å². The number of hydrazine groups is 1. The summed E-state index contributed by atoms with van der Waals surface area (Å²) < 4.78 is 1.62. The first-order valence-corrected chi connectivity index (χ1v) is 7.38. The lowest BCUT2D eigenvalue weighted by molar-refractivity contribution is -0.128. The minimum atomic E-state index is -0.301. The van der Waals surface area contributed by atoms with Gasteiger partial charge in [0.2, 0.25) is 5.91 Å². The van der Waals surface area contributed by atoms with E-state index in [1.165, 1.54) is 11.8 Å². The number of carbonyl (C=O) groups excluding carboxylic acids is 2. The number of aryl methyl sites for hydroxylation is 2. The SMILES string of the molecule is Cc1cc(C)n(CC(=O)NNC(=O)CSC(C)(C)C)n1. The maximum atomic E-state index is 11.7. The fraction of sp³-hybridized carbons (Fsp3) is 0.615. The van der Waals surface area contributed by atoms with E-state index in [1.807, 2.05) is 40.7 Å². The van der Waals surface area contributed by atoms with Crippen molar-refractivity contribution in [2.24, 2.45) is 0 Å². The van der Waals surface area contributed by atoms with E-state index < -0.39 is 0 Å². The van der Waals surface area contributed by atoms with Crippen LogP contribution < -0.4 is 10.9 Å². The van der Waals surface area contributed by atoms with Gasteiger partial charge in [-0.15, -0.1) is 11.8 Å². The van der Waals surface area contributed by atoms with Gasteiger partial charge in [-0.05, 0) is 19.9 Å². The second-order valence-electron chi connectivity index (χ2n) is 5.58. The van der Waals surface area contributed by atoms with Gasteiger partial charge in [0, 0.05) is 10.4 Å². The molecule has 1 aromatic rings. The molecule has 2 N–H and O–H groups in total. The van der Waals surface area contributed by atoms with Crippen molar-refractivity contribution in [3.63, 3.8) is 0 Å². The number of rotatable bonds is 4. The molecule has 0 aromatic carbocycles. The first-order chi connectivity index (χ1) is 9.17. The lowest BCUT2D eigenvalue weighted by Gasteiger charge is -2.17. The third kappa shape index (κ3) is 6.10. The molecule has 0 bridgehead atoms. The molecule has 0 unspecified atom stereocenters. The summed E-state index contributed by atoms with van der Waals surface area (Å²) in [6.07, 6.45) is 0. The molecule has 0 aliphatic rings. The number of amides is 2. The zero-order chi connectivity index (χ0) is 15.3. The van der Waals surface area contributed by atoms with E-state index >= 15 is 0 Å². The van der Waals surface area contributed by atoms with E-state index in [0.29, 0.717) is 5.75 Å². The molecule has 2 amide bonds. The Balaban J connectivity index is 2.33. The fourth-order valence-corrected chi connectivity index (χ4v) is 2.10. The number of nitrogens with zero attached hydrogens (tertiary/aromatic N) is 2. The number of aromatic nitrogens is 2. The molecule has 1 heterocycles. The van der Waals surface area contributed by atoms with Crippen molar-refractivity contribution < 1.29 is 9.59 Å². The normalized spacial score (nSPS) is 11.2. The van der Waals surface area contributed by atoms with Crippen LogP contribution in [0.5, 0.6) is 0 Å². The van der Waals surface area contributed by atoms with E-state index in [4.69, 9.17) is 0 Å². The van der Waals surface area contributed by atoms with Gasteiger partial charge in [0.1, 0.15) is 6.54 Å². The molecule has 0 fully saturated rings. The average molecular weight is 298 g/mol. The maximum absolute atomic E-state index is 11.7. The lowest BCUT2D eigenvalue weighted by atomic mass is 10.3. The number of thioether (sulfide) groups is 1. The molecule has 0 aliphatic heterocycles. The van der Waals surface area contributed by atoms with E-state index in [-0.39, 0.29) is 23.1 Å². The quantitative estimate of drug-likeness (QED) is 0.818. The predicted octanol–water partition coefficient (Wildman–Crippen LogP) is 1.18. The van der Waals surface area contributed by atoms with Crippen molar-refractivity contribution in [3.8, 4) is 0 Å². The Morgan fingerprint density at radius 1 is 1.25 bits per heavy atom. The Kier molecular flexibility index (Phi) is 5.62. The smallest absolute Gasteiger partial charge is 0.260 e. The summed E-state index contributed by atoms with van der Waals surface area (Å²) in [5.41, 5.74) is 6.56. The van der Waals surface area contributed by atoms with Gasteiger partial charge in [0.15, 0.2) is 0 Å². The van der Waals surface area contributed by atoms with Crippen molar-refractivity contribution >= 4 is 23.6 Å². The van der Waals surface area contributed by atoms with Crippen LogP contribution in [0.25, 0.3) is 0 Å². The predicted molar refractivity (Wildman–Crippen MR) is 80.2 cm³/mol. The Bertz CT molecular complexity index is 491. The molecule has 0 spiro atoms. The Labute approximate surface area is 123 Å². The molecule has 0 radical (unpaired) electrons. The van der Waals surface area contributed by atoms with Crippen molar-refractivity contribution in [1.29, 1.82) is 0 Å². The number of hydrogen-bond acceptors (Lipinski definition) is 4. The van der Waals surface area contributed by atoms with Crippen LogP contribution in [-0.4, -0.2) is 32.1 Å². The van der Waals surface area contributed by atoms with Crippen LogP contribution in [0, 0.1) is 13.8 Å². The summed E-state index contributed by atoms with van der Waals surface area (Å²) in [7, 11) is 0. The molecule has 1 rings (SSSR count). The molecule has 0 saturated carbocycles. The van der Waals surface area contributed by atoms with Gasteiger partial charge < -0.3 is 0 Å². The molecule has 112 valence electrons. The molecule has 1 aromatic heterocycles. The van der Waals surface area contributed by atoms with E-state index in [2.05, 4.69) is 16.0 Å². The molecular formula is C13H22N4O2S. The summed E-state index contributed by atoms with van der Waals surface area (Å²) in [6.45, 7) is 9.94. The molecule has 0 atom stereocenters. The molecule has 6 nitrogen and oxygen atoms in total. The minimum absolute atomic E-state index is 0.0189. The van der Waals surface area contributed by atoms with Crippen molar-refractivity contribution in [2.75, 3.05) is 5.75 Å². The zero-order valence-corrected chi connectivity index (χ0v) is 13.4. The van der Waals surface area contributed by atoms with E-state index in [1.54, 1.807) is 4.68 Å². The van der Waals surface area contributed by atoms with Crippen LogP contribution in [0.15, 0.2) is 6.07 Å². The highest BCUT2D eigenvalue weighted by atomic mass is 32.2. The molecule has 20 heavy (non-hydrogen) atoms. The van der Waals surface area contributed by atoms with Crippen LogP contribution >= 0.6 is 11.8 Å². The molecule has 0 aliphatic carbocycles. The maximum Gasteiger partial charge on any atom is 0.260 e. The summed E-state index contributed by atoms with van der Waals surface area (Å²) in [6, 6.07) is 1.89. The third-order valence-electron chi connectivity index (χ3n) is 2.37. The fourth-order valence-electron chi connectivity index (χ4n) is 1.47. The van der Waals surface area contributed by atoms with Crippen molar-refractivity contribution in [1.82, 2.24) is 20.6 Å². The highest BCUT2D eigenvalue weighted by molar-refractivity contribution is 8.01. The monoisotopic (exact) mass is 298 g/mol. The van der Waals surface area contributed by atoms with E-state index in [9.17, 15) is 9.59 Å². The molecule has 0 saturated heterocycles. The second kappa shape index (κ2) is 6.78. The first-order valence-electron chi connectivity index (χ1n) is 6.40. The van der Waals surface area contributed by atoms with Gasteiger partial charge in [-0.2, -0.15) is 5.10 Å². The Hall–Kier alpha value is -1.50. The highest BCUT2D eigenvalue weighted by Gasteiger charge is 2.14. The average Bonchev–Trinajstić information content (AvgIpc) is 2.61. The first kappa shape index (κ1) is 16.6. The summed E-state index contributed by atoms with van der Waals surface area (Å²) >= 11 is 1.52. The lowest BCUT2D eigenvalue weighted by Crippen LogP contribution is -2.44. The summed E-state index contributed by atoms with van der Waals surface area (Å²) in [4.78, 5) is 23.2. The second-order valence-corrected chi connectivity index (χ2v) is 7.38. The zero-order valence-electron chi connectivity index (χ0n) is 12.6. The number of nitrogens with one attached hydrogen (secondary N) is 2. The largest absolute Gasteiger partial charge is 0.272 e. The summed E-state index contributed by atoms with van der Waals surface area (Å²) in [5.74, 6) is -0.207. The Morgan fingerprint density at radius 3 is 2.35 bits per heavy atom. The third-order valence-corrected chi connectivity index (χ3v) is 3.65. The van der Waals surface area contributed by atoms with Crippen LogP contribution in [0.2, 0.25) is 0 Å². The highest BCUT2D eigenvalue weighted by Crippen LogP contribution is 2.22. The number of hydrogen-bond donors (Lipinski definition) is 2. The van der Waals surface area contributed by atoms with Crippen LogP contribution in [0.1, 0.15) is 32.2 Å². The summed E-state index contributed by atoms with van der Waals surface area (Å²) in [5, 5.41) is 4.18. The van der Waals surface area contributed by atoms with Crippen LogP contribution in [-0.2, 0) is 16.1 Å². The number of carbonyl (C=O) groups is 2. The van der Waals surface area contributed by atoms with Gasteiger partial charge in [-0.1, -0.05) is 20.8 Å².